The lowest BCUT2D eigenvalue weighted by molar-refractivity contribution is -0.129. The van der Waals surface area contributed by atoms with Gasteiger partial charge in [0.15, 0.2) is 11.6 Å². The fourth-order valence-corrected chi connectivity index (χ4v) is 3.19. The minimum atomic E-state index is -0.801. The Kier molecular flexibility index (Phi) is 3.31. The van der Waals surface area contributed by atoms with Crippen molar-refractivity contribution in [1.29, 1.82) is 0 Å². The van der Waals surface area contributed by atoms with E-state index in [0.29, 0.717) is 32.5 Å². The minimum absolute atomic E-state index is 0.0261. The van der Waals surface area contributed by atoms with Crippen molar-refractivity contribution in [3.05, 3.63) is 29.6 Å². The molecule has 2 aliphatic rings. The Balaban J connectivity index is 1.73. The average Bonchev–Trinajstić information content (AvgIpc) is 2.83. The molecule has 21 heavy (non-hydrogen) atoms. The summed E-state index contributed by atoms with van der Waals surface area (Å²) in [5, 5.41) is 12.5. The van der Waals surface area contributed by atoms with Crippen LogP contribution in [0.15, 0.2) is 18.2 Å². The molecule has 3 rings (SSSR count). The lowest BCUT2D eigenvalue weighted by Crippen LogP contribution is -2.46. The average molecular weight is 292 g/mol. The van der Waals surface area contributed by atoms with Gasteiger partial charge in [0.05, 0.1) is 11.0 Å². The van der Waals surface area contributed by atoms with E-state index in [9.17, 15) is 19.1 Å². The molecule has 2 amide bonds. The van der Waals surface area contributed by atoms with Gasteiger partial charge in [0, 0.05) is 19.6 Å². The van der Waals surface area contributed by atoms with Crippen LogP contribution in [-0.2, 0) is 4.79 Å². The van der Waals surface area contributed by atoms with Crippen LogP contribution in [0.4, 0.5) is 4.39 Å². The fourth-order valence-electron chi connectivity index (χ4n) is 3.19. The second-order valence-corrected chi connectivity index (χ2v) is 5.71. The number of nitrogens with one attached hydrogen (secondary N) is 1. The number of piperidine rings is 1. The molecule has 0 radical (unpaired) electrons. The van der Waals surface area contributed by atoms with Gasteiger partial charge in [-0.1, -0.05) is 6.07 Å². The van der Waals surface area contributed by atoms with E-state index in [1.807, 2.05) is 0 Å². The van der Waals surface area contributed by atoms with Crippen molar-refractivity contribution < 1.29 is 19.1 Å². The molecule has 2 aliphatic heterocycles. The highest BCUT2D eigenvalue weighted by molar-refractivity contribution is 5.97. The molecule has 1 aromatic rings. The molecule has 2 fully saturated rings. The summed E-state index contributed by atoms with van der Waals surface area (Å²) in [7, 11) is 0. The van der Waals surface area contributed by atoms with E-state index in [4.69, 9.17) is 0 Å². The van der Waals surface area contributed by atoms with Gasteiger partial charge in [-0.05, 0) is 31.4 Å². The smallest absolute Gasteiger partial charge is 0.257 e. The first-order chi connectivity index (χ1) is 10.0. The number of carbonyl (C=O) groups excluding carboxylic acids is 2. The summed E-state index contributed by atoms with van der Waals surface area (Å²) >= 11 is 0. The van der Waals surface area contributed by atoms with Crippen LogP contribution in [0.5, 0.6) is 5.75 Å². The fraction of sp³-hybridized carbons (Fsp3) is 0.467. The SMILES string of the molecule is O=C(c1cccc(F)c1O)N1CCC2(CCNC2=O)CC1. The van der Waals surface area contributed by atoms with Crippen LogP contribution in [0.25, 0.3) is 0 Å². The predicted molar refractivity (Wildman–Crippen MR) is 73.3 cm³/mol. The van der Waals surface area contributed by atoms with Crippen LogP contribution in [0.3, 0.4) is 0 Å². The monoisotopic (exact) mass is 292 g/mol. The summed E-state index contributed by atoms with van der Waals surface area (Å²) in [5.74, 6) is -1.73. The molecule has 0 atom stereocenters. The molecule has 0 saturated carbocycles. The number of hydrogen-bond donors (Lipinski definition) is 2. The van der Waals surface area contributed by atoms with Crippen molar-refractivity contribution in [2.24, 2.45) is 5.41 Å². The topological polar surface area (TPSA) is 69.6 Å². The van der Waals surface area contributed by atoms with Crippen molar-refractivity contribution in [1.82, 2.24) is 10.2 Å². The number of carbonyl (C=O) groups is 2. The van der Waals surface area contributed by atoms with Crippen LogP contribution in [-0.4, -0.2) is 41.5 Å². The zero-order valence-corrected chi connectivity index (χ0v) is 11.6. The van der Waals surface area contributed by atoms with E-state index >= 15 is 0 Å². The number of benzene rings is 1. The van der Waals surface area contributed by atoms with E-state index in [0.717, 1.165) is 12.5 Å². The van der Waals surface area contributed by atoms with Gasteiger partial charge >= 0.3 is 0 Å². The summed E-state index contributed by atoms with van der Waals surface area (Å²) in [6, 6.07) is 3.92. The summed E-state index contributed by atoms with van der Waals surface area (Å²) in [6.07, 6.45) is 2.03. The standard InChI is InChI=1S/C15H17FN2O3/c16-11-3-1-2-10(12(11)19)13(20)18-8-5-15(6-9-18)4-7-17-14(15)21/h1-3,19H,4-9H2,(H,17,21). The van der Waals surface area contributed by atoms with Gasteiger partial charge in [0.2, 0.25) is 5.91 Å². The lowest BCUT2D eigenvalue weighted by atomic mass is 9.77. The predicted octanol–water partition coefficient (Wildman–Crippen LogP) is 1.27. The van der Waals surface area contributed by atoms with Gasteiger partial charge in [-0.3, -0.25) is 9.59 Å². The number of likely N-dealkylation sites (tertiary alicyclic amines) is 1. The Hall–Kier alpha value is -2.11. The van der Waals surface area contributed by atoms with Gasteiger partial charge in [0.1, 0.15) is 0 Å². The Morgan fingerprint density at radius 1 is 1.29 bits per heavy atom. The third-order valence-corrected chi connectivity index (χ3v) is 4.60. The molecule has 1 spiro atoms. The van der Waals surface area contributed by atoms with Gasteiger partial charge in [-0.15, -0.1) is 0 Å². The van der Waals surface area contributed by atoms with E-state index in [2.05, 4.69) is 5.32 Å². The Labute approximate surface area is 121 Å². The molecule has 0 bridgehead atoms. The normalized spacial score (nSPS) is 20.6. The maximum Gasteiger partial charge on any atom is 0.257 e. The van der Waals surface area contributed by atoms with E-state index in [-0.39, 0.29) is 22.8 Å². The van der Waals surface area contributed by atoms with Crippen LogP contribution in [0, 0.1) is 11.2 Å². The van der Waals surface area contributed by atoms with Crippen molar-refractivity contribution in [3.8, 4) is 5.75 Å². The zero-order chi connectivity index (χ0) is 15.0. The maximum absolute atomic E-state index is 13.3. The molecule has 5 nitrogen and oxygen atoms in total. The first-order valence-electron chi connectivity index (χ1n) is 7.09. The molecular weight excluding hydrogens is 275 g/mol. The number of phenols is 1. The number of amides is 2. The van der Waals surface area contributed by atoms with Crippen molar-refractivity contribution in [2.75, 3.05) is 19.6 Å². The third-order valence-electron chi connectivity index (χ3n) is 4.60. The van der Waals surface area contributed by atoms with E-state index in [1.54, 1.807) is 4.90 Å². The van der Waals surface area contributed by atoms with Gasteiger partial charge in [0.25, 0.3) is 5.91 Å². The number of aromatic hydroxyl groups is 1. The highest BCUT2D eigenvalue weighted by Gasteiger charge is 2.45. The second kappa shape index (κ2) is 5.02. The number of phenolic OH excluding ortho intramolecular Hbond substituents is 1. The number of nitrogens with zero attached hydrogens (tertiary/aromatic N) is 1. The number of rotatable bonds is 1. The van der Waals surface area contributed by atoms with Gasteiger partial charge in [-0.2, -0.15) is 0 Å². The third kappa shape index (κ3) is 2.24. The summed E-state index contributed by atoms with van der Waals surface area (Å²) < 4.78 is 13.3. The summed E-state index contributed by atoms with van der Waals surface area (Å²) in [6.45, 7) is 1.59. The van der Waals surface area contributed by atoms with Crippen LogP contribution < -0.4 is 5.32 Å². The first kappa shape index (κ1) is 13.9. The van der Waals surface area contributed by atoms with E-state index in [1.165, 1.54) is 12.1 Å². The molecule has 112 valence electrons. The maximum atomic E-state index is 13.3. The largest absolute Gasteiger partial charge is 0.504 e. The molecule has 0 unspecified atom stereocenters. The Morgan fingerprint density at radius 3 is 2.62 bits per heavy atom. The highest BCUT2D eigenvalue weighted by Crippen LogP contribution is 2.38. The van der Waals surface area contributed by atoms with Crippen LogP contribution in [0.1, 0.15) is 29.6 Å². The van der Waals surface area contributed by atoms with Crippen LogP contribution in [0.2, 0.25) is 0 Å². The number of halogens is 1. The molecule has 6 heteroatoms. The van der Waals surface area contributed by atoms with Crippen molar-refractivity contribution in [2.45, 2.75) is 19.3 Å². The molecule has 0 aromatic heterocycles. The molecule has 1 aromatic carbocycles. The quantitative estimate of drug-likeness (QED) is 0.819. The highest BCUT2D eigenvalue weighted by atomic mass is 19.1. The van der Waals surface area contributed by atoms with Crippen LogP contribution >= 0.6 is 0 Å². The van der Waals surface area contributed by atoms with Crippen molar-refractivity contribution in [3.63, 3.8) is 0 Å². The summed E-state index contributed by atoms with van der Waals surface area (Å²) in [5.41, 5.74) is -0.373. The molecule has 2 N–H and O–H groups in total. The molecular formula is C15H17FN2O3. The van der Waals surface area contributed by atoms with E-state index < -0.39 is 11.6 Å². The van der Waals surface area contributed by atoms with Crippen molar-refractivity contribution >= 4 is 11.8 Å². The second-order valence-electron chi connectivity index (χ2n) is 5.71. The molecule has 2 saturated heterocycles. The summed E-state index contributed by atoms with van der Waals surface area (Å²) in [4.78, 5) is 25.8. The first-order valence-corrected chi connectivity index (χ1v) is 7.09. The minimum Gasteiger partial charge on any atom is -0.504 e. The zero-order valence-electron chi connectivity index (χ0n) is 11.6. The van der Waals surface area contributed by atoms with Gasteiger partial charge in [-0.25, -0.2) is 4.39 Å². The lowest BCUT2D eigenvalue weighted by Gasteiger charge is -2.37. The number of para-hydroxylation sites is 1. The molecule has 0 aliphatic carbocycles. The number of hydrogen-bond acceptors (Lipinski definition) is 3. The molecule has 2 heterocycles. The van der Waals surface area contributed by atoms with Gasteiger partial charge < -0.3 is 15.3 Å². The Morgan fingerprint density at radius 2 is 2.00 bits per heavy atom. The Bertz CT molecular complexity index is 595.